The van der Waals surface area contributed by atoms with E-state index in [1.165, 1.54) is 4.90 Å². The number of ether oxygens (including phenoxy) is 3. The zero-order valence-electron chi connectivity index (χ0n) is 20.2. The normalized spacial score (nSPS) is 18.4. The summed E-state index contributed by atoms with van der Waals surface area (Å²) in [6.07, 6.45) is 0.877. The van der Waals surface area contributed by atoms with E-state index < -0.39 is 17.7 Å². The number of hydrogen-bond donors (Lipinski definition) is 1. The minimum absolute atomic E-state index is 0.0303. The number of benzene rings is 3. The first-order valence-corrected chi connectivity index (χ1v) is 12.0. The standard InChI is InChI=1S/C29H27NO6/c1-3-13-34-22-11-9-20(16-18(22)2)27(31)25-26(19-7-5-4-6-8-19)30(29(33)28(25)32)21-10-12-23-24(17-21)36-15-14-35-23/h4-12,16-17,26,31H,3,13-15H2,1-2H3/b27-25+. The van der Waals surface area contributed by atoms with Gasteiger partial charge in [-0.1, -0.05) is 37.3 Å². The maximum Gasteiger partial charge on any atom is 0.300 e. The molecule has 1 fully saturated rings. The number of rotatable bonds is 6. The van der Waals surface area contributed by atoms with Gasteiger partial charge in [0.15, 0.2) is 11.5 Å². The molecule has 2 aliphatic heterocycles. The minimum atomic E-state index is -0.815. The van der Waals surface area contributed by atoms with Crippen molar-refractivity contribution in [1.82, 2.24) is 0 Å². The van der Waals surface area contributed by atoms with Crippen LogP contribution < -0.4 is 19.1 Å². The highest BCUT2D eigenvalue weighted by atomic mass is 16.6. The Morgan fingerprint density at radius 1 is 1.00 bits per heavy atom. The largest absolute Gasteiger partial charge is 0.507 e. The van der Waals surface area contributed by atoms with E-state index in [1.54, 1.807) is 36.4 Å². The molecule has 1 saturated heterocycles. The number of nitrogens with zero attached hydrogens (tertiary/aromatic N) is 1. The molecule has 1 unspecified atom stereocenters. The summed E-state index contributed by atoms with van der Waals surface area (Å²) in [7, 11) is 0. The number of carbonyl (C=O) groups excluding carboxylic acids is 2. The van der Waals surface area contributed by atoms with Gasteiger partial charge in [-0.3, -0.25) is 14.5 Å². The fourth-order valence-electron chi connectivity index (χ4n) is 4.56. The molecule has 0 spiro atoms. The lowest BCUT2D eigenvalue weighted by molar-refractivity contribution is -0.132. The number of hydrogen-bond acceptors (Lipinski definition) is 6. The predicted molar refractivity (Wildman–Crippen MR) is 136 cm³/mol. The second-order valence-corrected chi connectivity index (χ2v) is 8.74. The highest BCUT2D eigenvalue weighted by Gasteiger charge is 2.47. The van der Waals surface area contributed by atoms with Crippen molar-refractivity contribution < 1.29 is 28.9 Å². The first kappa shape index (κ1) is 23.5. The lowest BCUT2D eigenvalue weighted by Crippen LogP contribution is -2.29. The quantitative estimate of drug-likeness (QED) is 0.294. The summed E-state index contributed by atoms with van der Waals surface area (Å²) in [6, 6.07) is 18.8. The molecule has 0 radical (unpaired) electrons. The Labute approximate surface area is 209 Å². The van der Waals surface area contributed by atoms with Gasteiger partial charge < -0.3 is 19.3 Å². The second-order valence-electron chi connectivity index (χ2n) is 8.74. The van der Waals surface area contributed by atoms with Crippen molar-refractivity contribution in [3.63, 3.8) is 0 Å². The molecule has 1 atom stereocenters. The van der Waals surface area contributed by atoms with Gasteiger partial charge in [-0.25, -0.2) is 0 Å². The van der Waals surface area contributed by atoms with Gasteiger partial charge in [0.25, 0.3) is 11.7 Å². The Kier molecular flexibility index (Phi) is 6.38. The number of amides is 1. The van der Waals surface area contributed by atoms with E-state index in [0.29, 0.717) is 53.9 Å². The van der Waals surface area contributed by atoms with Gasteiger partial charge in [-0.15, -0.1) is 0 Å². The van der Waals surface area contributed by atoms with Crippen LogP contribution in [0.4, 0.5) is 5.69 Å². The number of Topliss-reactive ketones (excluding diaryl/α,β-unsaturated/α-hetero) is 1. The van der Waals surface area contributed by atoms with E-state index in [1.807, 2.05) is 44.2 Å². The number of aliphatic hydroxyl groups excluding tert-OH is 1. The summed E-state index contributed by atoms with van der Waals surface area (Å²) in [4.78, 5) is 28.2. The van der Waals surface area contributed by atoms with E-state index in [9.17, 15) is 14.7 Å². The molecular formula is C29H27NO6. The molecule has 184 valence electrons. The smallest absolute Gasteiger partial charge is 0.300 e. The molecular weight excluding hydrogens is 458 g/mol. The Balaban J connectivity index is 1.63. The number of fused-ring (bicyclic) bond motifs is 1. The van der Waals surface area contributed by atoms with Crippen molar-refractivity contribution in [1.29, 1.82) is 0 Å². The van der Waals surface area contributed by atoms with E-state index in [-0.39, 0.29) is 11.3 Å². The summed E-state index contributed by atoms with van der Waals surface area (Å²) in [5, 5.41) is 11.4. The highest BCUT2D eigenvalue weighted by molar-refractivity contribution is 6.51. The van der Waals surface area contributed by atoms with Crippen molar-refractivity contribution in [3.8, 4) is 17.2 Å². The third-order valence-corrected chi connectivity index (χ3v) is 6.27. The first-order chi connectivity index (χ1) is 17.5. The third kappa shape index (κ3) is 4.17. The van der Waals surface area contributed by atoms with Crippen molar-refractivity contribution in [2.24, 2.45) is 0 Å². The SMILES string of the molecule is CCCOc1ccc(/C(O)=C2\C(=O)C(=O)N(c3ccc4c(c3)OCCO4)C2c2ccccc2)cc1C. The summed E-state index contributed by atoms with van der Waals surface area (Å²) >= 11 is 0. The van der Waals surface area contributed by atoms with Gasteiger partial charge in [-0.2, -0.15) is 0 Å². The van der Waals surface area contributed by atoms with Gasteiger partial charge >= 0.3 is 0 Å². The summed E-state index contributed by atoms with van der Waals surface area (Å²) in [6.45, 7) is 5.34. The number of carbonyl (C=O) groups is 2. The average molecular weight is 486 g/mol. The van der Waals surface area contributed by atoms with Gasteiger partial charge in [0, 0.05) is 17.3 Å². The molecule has 2 aliphatic rings. The van der Waals surface area contributed by atoms with Crippen LogP contribution in [0, 0.1) is 6.92 Å². The van der Waals surface area contributed by atoms with Gasteiger partial charge in [0.2, 0.25) is 0 Å². The molecule has 0 saturated carbocycles. The molecule has 36 heavy (non-hydrogen) atoms. The summed E-state index contributed by atoms with van der Waals surface area (Å²) in [5.41, 5.74) is 2.48. The number of anilines is 1. The minimum Gasteiger partial charge on any atom is -0.507 e. The van der Waals surface area contributed by atoms with Crippen LogP contribution in [0.15, 0.2) is 72.3 Å². The number of aryl methyl sites for hydroxylation is 1. The molecule has 0 aromatic heterocycles. The van der Waals surface area contributed by atoms with Crippen LogP contribution in [0.5, 0.6) is 17.2 Å². The van der Waals surface area contributed by atoms with E-state index in [4.69, 9.17) is 14.2 Å². The molecule has 7 nitrogen and oxygen atoms in total. The monoisotopic (exact) mass is 485 g/mol. The number of aliphatic hydroxyl groups is 1. The lowest BCUT2D eigenvalue weighted by Gasteiger charge is -2.27. The molecule has 3 aromatic rings. The van der Waals surface area contributed by atoms with E-state index >= 15 is 0 Å². The van der Waals surface area contributed by atoms with Crippen LogP contribution in [0.3, 0.4) is 0 Å². The Morgan fingerprint density at radius 2 is 1.75 bits per heavy atom. The van der Waals surface area contributed by atoms with Crippen molar-refractivity contribution in [2.45, 2.75) is 26.3 Å². The maximum absolute atomic E-state index is 13.4. The molecule has 1 amide bonds. The Bertz CT molecular complexity index is 1350. The second kappa shape index (κ2) is 9.77. The van der Waals surface area contributed by atoms with Gasteiger partial charge in [-0.05, 0) is 54.8 Å². The topological polar surface area (TPSA) is 85.3 Å². The Morgan fingerprint density at radius 3 is 2.47 bits per heavy atom. The lowest BCUT2D eigenvalue weighted by atomic mass is 9.94. The average Bonchev–Trinajstić information content (AvgIpc) is 3.17. The van der Waals surface area contributed by atoms with E-state index in [0.717, 1.165) is 12.0 Å². The van der Waals surface area contributed by atoms with Crippen molar-refractivity contribution >= 4 is 23.1 Å². The molecule has 3 aromatic carbocycles. The van der Waals surface area contributed by atoms with Gasteiger partial charge in [0.05, 0.1) is 18.2 Å². The van der Waals surface area contributed by atoms with Crippen LogP contribution >= 0.6 is 0 Å². The third-order valence-electron chi connectivity index (χ3n) is 6.27. The summed E-state index contributed by atoms with van der Waals surface area (Å²) in [5.74, 6) is 0.100. The molecule has 1 N–H and O–H groups in total. The molecule has 5 rings (SSSR count). The van der Waals surface area contributed by atoms with Crippen molar-refractivity contribution in [3.05, 3.63) is 89.0 Å². The van der Waals surface area contributed by atoms with Gasteiger partial charge in [0.1, 0.15) is 24.7 Å². The molecule has 0 bridgehead atoms. The van der Waals surface area contributed by atoms with Crippen molar-refractivity contribution in [2.75, 3.05) is 24.7 Å². The summed E-state index contributed by atoms with van der Waals surface area (Å²) < 4.78 is 17.1. The predicted octanol–water partition coefficient (Wildman–Crippen LogP) is 5.18. The fourth-order valence-corrected chi connectivity index (χ4v) is 4.56. The Hall–Kier alpha value is -4.26. The zero-order chi connectivity index (χ0) is 25.2. The number of ketones is 1. The maximum atomic E-state index is 13.4. The van der Waals surface area contributed by atoms with Crippen LogP contribution in [0.1, 0.15) is 36.1 Å². The van der Waals surface area contributed by atoms with Crippen LogP contribution in [-0.2, 0) is 9.59 Å². The molecule has 7 heteroatoms. The molecule has 0 aliphatic carbocycles. The zero-order valence-corrected chi connectivity index (χ0v) is 20.2. The van der Waals surface area contributed by atoms with Crippen LogP contribution in [0.25, 0.3) is 5.76 Å². The van der Waals surface area contributed by atoms with Crippen LogP contribution in [-0.4, -0.2) is 36.6 Å². The van der Waals surface area contributed by atoms with Crippen LogP contribution in [0.2, 0.25) is 0 Å². The molecule has 2 heterocycles. The van der Waals surface area contributed by atoms with E-state index in [2.05, 4.69) is 0 Å². The first-order valence-electron chi connectivity index (χ1n) is 12.0. The fraction of sp³-hybridized carbons (Fsp3) is 0.241. The highest BCUT2D eigenvalue weighted by Crippen LogP contribution is 2.44.